The van der Waals surface area contributed by atoms with E-state index in [4.69, 9.17) is 5.73 Å². The number of rotatable bonds is 3. The van der Waals surface area contributed by atoms with Crippen LogP contribution in [0.3, 0.4) is 0 Å². The van der Waals surface area contributed by atoms with Gasteiger partial charge in [-0.15, -0.1) is 0 Å². The topological polar surface area (TPSA) is 29.3 Å². The summed E-state index contributed by atoms with van der Waals surface area (Å²) in [6, 6.07) is 15.6. The van der Waals surface area contributed by atoms with E-state index in [0.29, 0.717) is 0 Å². The standard InChI is InChI=1S/C18H21BrN2/c1-13(20)10-14-6-7-18(17(19)11-14)21-9-8-15-4-2-3-5-16(15)12-21/h2-7,11,13H,8-10,12,20H2,1H3. The molecule has 1 aliphatic rings. The molecule has 0 radical (unpaired) electrons. The second-order valence-corrected chi connectivity index (χ2v) is 6.76. The van der Waals surface area contributed by atoms with Gasteiger partial charge < -0.3 is 10.6 Å². The fourth-order valence-electron chi connectivity index (χ4n) is 3.01. The lowest BCUT2D eigenvalue weighted by Crippen LogP contribution is -2.30. The van der Waals surface area contributed by atoms with Crippen molar-refractivity contribution in [3.63, 3.8) is 0 Å². The van der Waals surface area contributed by atoms with Gasteiger partial charge in [-0.3, -0.25) is 0 Å². The van der Waals surface area contributed by atoms with Crippen LogP contribution in [-0.4, -0.2) is 12.6 Å². The molecular weight excluding hydrogens is 324 g/mol. The highest BCUT2D eigenvalue weighted by Gasteiger charge is 2.18. The van der Waals surface area contributed by atoms with E-state index >= 15 is 0 Å². The summed E-state index contributed by atoms with van der Waals surface area (Å²) in [7, 11) is 0. The van der Waals surface area contributed by atoms with Crippen LogP contribution >= 0.6 is 15.9 Å². The fraction of sp³-hybridized carbons (Fsp3) is 0.333. The Bertz CT molecular complexity index is 637. The molecule has 2 N–H and O–H groups in total. The van der Waals surface area contributed by atoms with Crippen molar-refractivity contribution < 1.29 is 0 Å². The number of hydrogen-bond donors (Lipinski definition) is 1. The Labute approximate surface area is 135 Å². The highest BCUT2D eigenvalue weighted by atomic mass is 79.9. The average Bonchev–Trinajstić information content (AvgIpc) is 2.46. The molecule has 0 saturated carbocycles. The molecule has 0 amide bonds. The minimum Gasteiger partial charge on any atom is -0.366 e. The molecule has 0 fully saturated rings. The summed E-state index contributed by atoms with van der Waals surface area (Å²) in [5.41, 5.74) is 11.4. The number of halogens is 1. The van der Waals surface area contributed by atoms with Gasteiger partial charge in [0.15, 0.2) is 0 Å². The SMILES string of the molecule is CC(N)Cc1ccc(N2CCc3ccccc3C2)c(Br)c1. The molecule has 2 aromatic rings. The summed E-state index contributed by atoms with van der Waals surface area (Å²) in [6.45, 7) is 4.10. The molecule has 1 atom stereocenters. The van der Waals surface area contributed by atoms with Crippen LogP contribution in [-0.2, 0) is 19.4 Å². The highest BCUT2D eigenvalue weighted by Crippen LogP contribution is 2.31. The molecule has 0 saturated heterocycles. The molecule has 0 aliphatic carbocycles. The highest BCUT2D eigenvalue weighted by molar-refractivity contribution is 9.10. The maximum atomic E-state index is 5.88. The quantitative estimate of drug-likeness (QED) is 0.914. The van der Waals surface area contributed by atoms with Gasteiger partial charge in [0.2, 0.25) is 0 Å². The minimum absolute atomic E-state index is 0.199. The minimum atomic E-state index is 0.199. The van der Waals surface area contributed by atoms with Gasteiger partial charge in [0.05, 0.1) is 5.69 Å². The maximum Gasteiger partial charge on any atom is 0.0513 e. The molecule has 1 unspecified atom stereocenters. The normalized spacial score (nSPS) is 15.7. The van der Waals surface area contributed by atoms with Crippen LogP contribution in [0.1, 0.15) is 23.6 Å². The van der Waals surface area contributed by atoms with E-state index in [1.165, 1.54) is 26.9 Å². The number of benzene rings is 2. The van der Waals surface area contributed by atoms with Gasteiger partial charge in [-0.25, -0.2) is 0 Å². The maximum absolute atomic E-state index is 5.88. The Morgan fingerprint density at radius 1 is 1.19 bits per heavy atom. The van der Waals surface area contributed by atoms with Crippen molar-refractivity contribution in [1.29, 1.82) is 0 Å². The zero-order chi connectivity index (χ0) is 14.8. The Hall–Kier alpha value is -1.32. The Morgan fingerprint density at radius 2 is 1.95 bits per heavy atom. The third-order valence-corrected chi connectivity index (χ3v) is 4.68. The second-order valence-electron chi connectivity index (χ2n) is 5.91. The first kappa shape index (κ1) is 14.6. The summed E-state index contributed by atoms with van der Waals surface area (Å²) < 4.78 is 1.17. The number of fused-ring (bicyclic) bond motifs is 1. The van der Waals surface area contributed by atoms with Gasteiger partial charge in [0.1, 0.15) is 0 Å². The van der Waals surface area contributed by atoms with Crippen LogP contribution in [0.25, 0.3) is 0 Å². The molecule has 3 rings (SSSR count). The van der Waals surface area contributed by atoms with Gasteiger partial charge >= 0.3 is 0 Å². The van der Waals surface area contributed by atoms with Crippen molar-refractivity contribution in [1.82, 2.24) is 0 Å². The van der Waals surface area contributed by atoms with Gasteiger partial charge in [-0.1, -0.05) is 30.3 Å². The predicted molar refractivity (Wildman–Crippen MR) is 92.7 cm³/mol. The monoisotopic (exact) mass is 344 g/mol. The second kappa shape index (κ2) is 6.20. The molecule has 2 nitrogen and oxygen atoms in total. The third-order valence-electron chi connectivity index (χ3n) is 4.04. The summed E-state index contributed by atoms with van der Waals surface area (Å²) in [4.78, 5) is 2.45. The Kier molecular flexibility index (Phi) is 4.32. The van der Waals surface area contributed by atoms with Crippen LogP contribution in [0, 0.1) is 0 Å². The van der Waals surface area contributed by atoms with Gasteiger partial charge in [0.25, 0.3) is 0 Å². The van der Waals surface area contributed by atoms with Crippen molar-refractivity contribution in [2.75, 3.05) is 11.4 Å². The molecule has 2 aromatic carbocycles. The molecule has 21 heavy (non-hydrogen) atoms. The summed E-state index contributed by atoms with van der Waals surface area (Å²) >= 11 is 3.73. The van der Waals surface area contributed by atoms with E-state index in [0.717, 1.165) is 25.9 Å². The first-order chi connectivity index (χ1) is 10.1. The lowest BCUT2D eigenvalue weighted by atomic mass is 9.99. The first-order valence-corrected chi connectivity index (χ1v) is 8.28. The molecule has 0 bridgehead atoms. The fourth-order valence-corrected chi connectivity index (χ4v) is 3.68. The van der Waals surface area contributed by atoms with Crippen molar-refractivity contribution in [2.45, 2.75) is 32.4 Å². The Balaban J connectivity index is 1.82. The van der Waals surface area contributed by atoms with E-state index < -0.39 is 0 Å². The average molecular weight is 345 g/mol. The largest absolute Gasteiger partial charge is 0.366 e. The first-order valence-electron chi connectivity index (χ1n) is 7.49. The van der Waals surface area contributed by atoms with E-state index in [-0.39, 0.29) is 6.04 Å². The summed E-state index contributed by atoms with van der Waals surface area (Å²) in [6.07, 6.45) is 2.03. The zero-order valence-corrected chi connectivity index (χ0v) is 13.9. The van der Waals surface area contributed by atoms with Gasteiger partial charge in [0, 0.05) is 23.6 Å². The molecule has 3 heteroatoms. The lowest BCUT2D eigenvalue weighted by Gasteiger charge is -2.31. The lowest BCUT2D eigenvalue weighted by molar-refractivity contribution is 0.725. The molecule has 1 heterocycles. The van der Waals surface area contributed by atoms with Crippen molar-refractivity contribution >= 4 is 21.6 Å². The van der Waals surface area contributed by atoms with Crippen molar-refractivity contribution in [2.24, 2.45) is 5.73 Å². The van der Waals surface area contributed by atoms with Crippen LogP contribution in [0.15, 0.2) is 46.9 Å². The van der Waals surface area contributed by atoms with Crippen molar-refractivity contribution in [3.8, 4) is 0 Å². The predicted octanol–water partition coefficient (Wildman–Crippen LogP) is 3.90. The third kappa shape index (κ3) is 3.30. The van der Waals surface area contributed by atoms with Gasteiger partial charge in [-0.2, -0.15) is 0 Å². The number of anilines is 1. The van der Waals surface area contributed by atoms with Crippen molar-refractivity contribution in [3.05, 3.63) is 63.6 Å². The molecule has 110 valence electrons. The molecular formula is C18H21BrN2. The smallest absolute Gasteiger partial charge is 0.0513 e. The summed E-state index contributed by atoms with van der Waals surface area (Å²) in [5.74, 6) is 0. The molecule has 0 spiro atoms. The number of nitrogens with two attached hydrogens (primary N) is 1. The zero-order valence-electron chi connectivity index (χ0n) is 12.3. The van der Waals surface area contributed by atoms with E-state index in [9.17, 15) is 0 Å². The van der Waals surface area contributed by atoms with Crippen LogP contribution in [0.2, 0.25) is 0 Å². The van der Waals surface area contributed by atoms with E-state index in [1.54, 1.807) is 0 Å². The van der Waals surface area contributed by atoms with Crippen LogP contribution in [0.4, 0.5) is 5.69 Å². The molecule has 1 aliphatic heterocycles. The number of hydrogen-bond acceptors (Lipinski definition) is 2. The van der Waals surface area contributed by atoms with E-state index in [2.05, 4.69) is 63.3 Å². The molecule has 0 aromatic heterocycles. The van der Waals surface area contributed by atoms with Crippen LogP contribution in [0.5, 0.6) is 0 Å². The summed E-state index contributed by atoms with van der Waals surface area (Å²) in [5, 5.41) is 0. The van der Waals surface area contributed by atoms with Gasteiger partial charge in [-0.05, 0) is 64.5 Å². The Morgan fingerprint density at radius 3 is 2.67 bits per heavy atom. The van der Waals surface area contributed by atoms with E-state index in [1.807, 2.05) is 6.92 Å². The number of nitrogens with zero attached hydrogens (tertiary/aromatic N) is 1. The van der Waals surface area contributed by atoms with Crippen LogP contribution < -0.4 is 10.6 Å².